The monoisotopic (exact) mass is 136 g/mol. The number of pyridine rings is 1. The van der Waals surface area contributed by atoms with Crippen LogP contribution in [0.2, 0.25) is 0 Å². The molecule has 1 amide bonds. The number of anilines is 1. The smallest absolute Gasteiger partial charge is 0.268 e. The zero-order valence-electron chi connectivity index (χ0n) is 5.16. The Balaban J connectivity index is 3.07. The summed E-state index contributed by atoms with van der Waals surface area (Å²) in [5.41, 5.74) is 10.2. The van der Waals surface area contributed by atoms with Gasteiger partial charge in [-0.2, -0.15) is 0 Å². The Hall–Kier alpha value is -1.58. The molecule has 1 radical (unpaired) electrons. The van der Waals surface area contributed by atoms with E-state index >= 15 is 0 Å². The number of hydrogen-bond acceptors (Lipinski definition) is 3. The molecule has 0 aliphatic heterocycles. The summed E-state index contributed by atoms with van der Waals surface area (Å²) in [5.74, 6) is -0.347. The Labute approximate surface area is 57.9 Å². The minimum Gasteiger partial charge on any atom is -0.384 e. The number of rotatable bonds is 1. The van der Waals surface area contributed by atoms with Gasteiger partial charge in [-0.05, 0) is 12.1 Å². The van der Waals surface area contributed by atoms with Crippen LogP contribution in [-0.4, -0.2) is 10.9 Å². The molecule has 0 fully saturated rings. The zero-order valence-corrected chi connectivity index (χ0v) is 5.16. The van der Waals surface area contributed by atoms with Gasteiger partial charge < -0.3 is 11.5 Å². The van der Waals surface area contributed by atoms with Crippen molar-refractivity contribution >= 4 is 11.7 Å². The Kier molecular flexibility index (Phi) is 1.53. The number of nitrogens with two attached hydrogens (primary N) is 2. The minimum absolute atomic E-state index is 0.0694. The molecular formula is C6H6N3O. The lowest BCUT2D eigenvalue weighted by Gasteiger charge is -1.93. The topological polar surface area (TPSA) is 82.0 Å². The molecule has 0 atom stereocenters. The summed E-state index contributed by atoms with van der Waals surface area (Å²) in [6, 6.07) is 5.58. The van der Waals surface area contributed by atoms with Crippen LogP contribution in [0.1, 0.15) is 10.5 Å². The lowest BCUT2D eigenvalue weighted by atomic mass is 10.3. The van der Waals surface area contributed by atoms with Crippen LogP contribution in [0.5, 0.6) is 0 Å². The van der Waals surface area contributed by atoms with Gasteiger partial charge in [0, 0.05) is 6.07 Å². The Morgan fingerprint density at radius 1 is 1.70 bits per heavy atom. The highest BCUT2D eigenvalue weighted by molar-refractivity contribution is 5.90. The second-order valence-corrected chi connectivity index (χ2v) is 1.73. The first-order valence-corrected chi connectivity index (χ1v) is 2.64. The van der Waals surface area contributed by atoms with Crippen molar-refractivity contribution in [3.63, 3.8) is 0 Å². The third kappa shape index (κ3) is 1.22. The van der Waals surface area contributed by atoms with E-state index in [4.69, 9.17) is 11.5 Å². The molecule has 0 aromatic carbocycles. The second-order valence-electron chi connectivity index (χ2n) is 1.73. The normalized spacial score (nSPS) is 9.20. The number of nitrogen functional groups attached to an aromatic ring is 1. The highest BCUT2D eigenvalue weighted by atomic mass is 16.1. The van der Waals surface area contributed by atoms with Crippen LogP contribution in [0, 0.1) is 6.07 Å². The maximum atomic E-state index is 10.4. The standard InChI is InChI=1S/C6H6N3O/c7-5-3-1-2-4(9-5)6(8)10/h1,3H,(H2,7,9)(H2,8,10). The molecule has 51 valence electrons. The van der Waals surface area contributed by atoms with Gasteiger partial charge in [0.15, 0.2) is 0 Å². The lowest BCUT2D eigenvalue weighted by Crippen LogP contribution is -2.13. The second kappa shape index (κ2) is 2.34. The van der Waals surface area contributed by atoms with Crippen molar-refractivity contribution in [1.82, 2.24) is 4.98 Å². The predicted octanol–water partition coefficient (Wildman–Crippen LogP) is -0.437. The summed E-state index contributed by atoms with van der Waals surface area (Å²) in [6.45, 7) is 0. The van der Waals surface area contributed by atoms with Gasteiger partial charge in [-0.3, -0.25) is 4.79 Å². The largest absolute Gasteiger partial charge is 0.384 e. The first-order chi connectivity index (χ1) is 4.70. The lowest BCUT2D eigenvalue weighted by molar-refractivity contribution is 0.0995. The number of primary amides is 1. The van der Waals surface area contributed by atoms with Crippen LogP contribution in [-0.2, 0) is 0 Å². The van der Waals surface area contributed by atoms with E-state index in [2.05, 4.69) is 11.1 Å². The summed E-state index contributed by atoms with van der Waals surface area (Å²) in [7, 11) is 0. The predicted molar refractivity (Wildman–Crippen MR) is 36.0 cm³/mol. The molecule has 0 saturated carbocycles. The fraction of sp³-hybridized carbons (Fsp3) is 0. The molecule has 0 spiro atoms. The summed E-state index contributed by atoms with van der Waals surface area (Å²) in [5, 5.41) is 0. The third-order valence-corrected chi connectivity index (χ3v) is 0.948. The van der Waals surface area contributed by atoms with Crippen LogP contribution in [0.3, 0.4) is 0 Å². The van der Waals surface area contributed by atoms with Crippen molar-refractivity contribution in [2.75, 3.05) is 5.73 Å². The summed E-state index contributed by atoms with van der Waals surface area (Å²) in [6.07, 6.45) is 0. The first-order valence-electron chi connectivity index (χ1n) is 2.64. The summed E-state index contributed by atoms with van der Waals surface area (Å²) < 4.78 is 0. The van der Waals surface area contributed by atoms with E-state index in [-0.39, 0.29) is 11.5 Å². The fourth-order valence-electron chi connectivity index (χ4n) is 0.531. The Bertz CT molecular complexity index is 259. The molecule has 1 aromatic heterocycles. The van der Waals surface area contributed by atoms with Crippen LogP contribution in [0.15, 0.2) is 12.1 Å². The van der Waals surface area contributed by atoms with Gasteiger partial charge in [-0.15, -0.1) is 0 Å². The van der Waals surface area contributed by atoms with E-state index in [0.29, 0.717) is 0 Å². The van der Waals surface area contributed by atoms with Crippen LogP contribution >= 0.6 is 0 Å². The average Bonchev–Trinajstić information content (AvgIpc) is 1.88. The van der Waals surface area contributed by atoms with E-state index in [9.17, 15) is 4.79 Å². The van der Waals surface area contributed by atoms with Crippen molar-refractivity contribution in [2.45, 2.75) is 0 Å². The van der Waals surface area contributed by atoms with E-state index < -0.39 is 5.91 Å². The molecule has 0 aliphatic rings. The number of nitrogens with zero attached hydrogens (tertiary/aromatic N) is 1. The highest BCUT2D eigenvalue weighted by Crippen LogP contribution is 1.97. The maximum Gasteiger partial charge on any atom is 0.268 e. The van der Waals surface area contributed by atoms with E-state index in [1.807, 2.05) is 0 Å². The van der Waals surface area contributed by atoms with Crippen LogP contribution < -0.4 is 11.5 Å². The summed E-state index contributed by atoms with van der Waals surface area (Å²) >= 11 is 0. The van der Waals surface area contributed by atoms with Crippen molar-refractivity contribution in [2.24, 2.45) is 5.73 Å². The van der Waals surface area contributed by atoms with Crippen molar-refractivity contribution < 1.29 is 4.79 Å². The Morgan fingerprint density at radius 2 is 2.40 bits per heavy atom. The number of aromatic nitrogens is 1. The molecule has 0 saturated heterocycles. The van der Waals surface area contributed by atoms with E-state index in [0.717, 1.165) is 0 Å². The minimum atomic E-state index is -0.618. The molecule has 4 nitrogen and oxygen atoms in total. The van der Waals surface area contributed by atoms with Gasteiger partial charge in [0.1, 0.15) is 11.5 Å². The molecular weight excluding hydrogens is 130 g/mol. The van der Waals surface area contributed by atoms with Gasteiger partial charge >= 0.3 is 0 Å². The third-order valence-electron chi connectivity index (χ3n) is 0.948. The Morgan fingerprint density at radius 3 is 2.80 bits per heavy atom. The highest BCUT2D eigenvalue weighted by Gasteiger charge is 1.99. The molecule has 0 bridgehead atoms. The van der Waals surface area contributed by atoms with Crippen molar-refractivity contribution in [1.29, 1.82) is 0 Å². The molecule has 4 N–H and O–H groups in total. The summed E-state index contributed by atoms with van der Waals surface area (Å²) in [4.78, 5) is 14.0. The molecule has 1 aromatic rings. The van der Waals surface area contributed by atoms with Gasteiger partial charge in [-0.25, -0.2) is 4.98 Å². The van der Waals surface area contributed by atoms with Gasteiger partial charge in [-0.1, -0.05) is 0 Å². The van der Waals surface area contributed by atoms with E-state index in [1.165, 1.54) is 12.1 Å². The number of hydrogen-bond donors (Lipinski definition) is 2. The van der Waals surface area contributed by atoms with Gasteiger partial charge in [0.2, 0.25) is 0 Å². The van der Waals surface area contributed by atoms with Crippen molar-refractivity contribution in [3.8, 4) is 0 Å². The van der Waals surface area contributed by atoms with E-state index in [1.54, 1.807) is 0 Å². The maximum absolute atomic E-state index is 10.4. The first kappa shape index (κ1) is 6.54. The molecule has 4 heteroatoms. The SMILES string of the molecule is NC(=O)c1[c]ccc(N)n1. The van der Waals surface area contributed by atoms with Crippen LogP contribution in [0.4, 0.5) is 5.82 Å². The quantitative estimate of drug-likeness (QED) is 0.549. The number of carbonyl (C=O) groups excluding carboxylic acids is 1. The van der Waals surface area contributed by atoms with Crippen molar-refractivity contribution in [3.05, 3.63) is 23.9 Å². The molecule has 1 heterocycles. The molecule has 10 heavy (non-hydrogen) atoms. The average molecular weight is 136 g/mol. The number of amides is 1. The number of carbonyl (C=O) groups is 1. The molecule has 1 rings (SSSR count). The molecule has 0 unspecified atom stereocenters. The van der Waals surface area contributed by atoms with Gasteiger partial charge in [0.05, 0.1) is 0 Å². The zero-order chi connectivity index (χ0) is 7.56. The van der Waals surface area contributed by atoms with Gasteiger partial charge in [0.25, 0.3) is 5.91 Å². The van der Waals surface area contributed by atoms with Crippen LogP contribution in [0.25, 0.3) is 0 Å². The fourth-order valence-corrected chi connectivity index (χ4v) is 0.531. The molecule has 0 aliphatic carbocycles.